The first-order chi connectivity index (χ1) is 13.6. The van der Waals surface area contributed by atoms with Gasteiger partial charge >= 0.3 is 0 Å². The molecule has 28 heavy (non-hydrogen) atoms. The number of amides is 2. The average molecular weight is 380 g/mol. The predicted octanol–water partition coefficient (Wildman–Crippen LogP) is 1.48. The summed E-state index contributed by atoms with van der Waals surface area (Å²) >= 11 is 0. The molecular formula is C22H28N4O2. The number of pyridine rings is 1. The van der Waals surface area contributed by atoms with Gasteiger partial charge in [-0.3, -0.25) is 19.5 Å². The minimum absolute atomic E-state index is 0.0604. The Morgan fingerprint density at radius 3 is 2.79 bits per heavy atom. The van der Waals surface area contributed by atoms with Gasteiger partial charge in [-0.15, -0.1) is 0 Å². The van der Waals surface area contributed by atoms with E-state index < -0.39 is 6.04 Å². The Balaban J connectivity index is 1.49. The zero-order valence-electron chi connectivity index (χ0n) is 16.4. The summed E-state index contributed by atoms with van der Waals surface area (Å²) in [5.74, 6) is -0.158. The molecule has 2 amide bonds. The van der Waals surface area contributed by atoms with Gasteiger partial charge in [-0.05, 0) is 31.0 Å². The molecule has 2 aromatic rings. The first kappa shape index (κ1) is 20.0. The van der Waals surface area contributed by atoms with Crippen molar-refractivity contribution in [3.63, 3.8) is 0 Å². The molecule has 1 aliphatic heterocycles. The Labute approximate surface area is 166 Å². The Morgan fingerprint density at radius 1 is 1.18 bits per heavy atom. The maximum Gasteiger partial charge on any atom is 0.237 e. The summed E-state index contributed by atoms with van der Waals surface area (Å²) in [7, 11) is 0. The average Bonchev–Trinajstić information content (AvgIpc) is 2.69. The van der Waals surface area contributed by atoms with Crippen LogP contribution in [0.5, 0.6) is 0 Å². The molecule has 148 valence electrons. The van der Waals surface area contributed by atoms with E-state index in [2.05, 4.69) is 32.7 Å². The molecule has 0 saturated carbocycles. The minimum Gasteiger partial charge on any atom is -0.356 e. The topological polar surface area (TPSA) is 74.3 Å². The van der Waals surface area contributed by atoms with Gasteiger partial charge in [0.05, 0.1) is 12.5 Å². The van der Waals surface area contributed by atoms with Crippen LogP contribution in [0, 0.1) is 6.92 Å². The molecule has 1 atom stereocenters. The van der Waals surface area contributed by atoms with Crippen molar-refractivity contribution < 1.29 is 9.59 Å². The van der Waals surface area contributed by atoms with Gasteiger partial charge in [-0.25, -0.2) is 0 Å². The zero-order chi connectivity index (χ0) is 19.8. The van der Waals surface area contributed by atoms with Gasteiger partial charge in [0.1, 0.15) is 0 Å². The third-order valence-corrected chi connectivity index (χ3v) is 5.00. The molecule has 2 N–H and O–H groups in total. The van der Waals surface area contributed by atoms with Crippen LogP contribution >= 0.6 is 0 Å². The van der Waals surface area contributed by atoms with Gasteiger partial charge in [0.25, 0.3) is 0 Å². The van der Waals surface area contributed by atoms with Crippen LogP contribution in [-0.4, -0.2) is 53.9 Å². The number of benzene rings is 1. The van der Waals surface area contributed by atoms with E-state index >= 15 is 0 Å². The van der Waals surface area contributed by atoms with E-state index in [0.717, 1.165) is 30.9 Å². The first-order valence-corrected chi connectivity index (χ1v) is 9.87. The van der Waals surface area contributed by atoms with Gasteiger partial charge in [0, 0.05) is 44.0 Å². The molecule has 1 saturated heterocycles. The summed E-state index contributed by atoms with van der Waals surface area (Å²) in [6, 6.07) is 15.7. The Morgan fingerprint density at radius 2 is 2.00 bits per heavy atom. The van der Waals surface area contributed by atoms with Gasteiger partial charge in [-0.2, -0.15) is 0 Å². The third-order valence-electron chi connectivity index (χ3n) is 5.00. The SMILES string of the molecule is Cc1cccc(CCNC(=O)CC2C(=O)NCCN2CCc2ccccc2)n1. The van der Waals surface area contributed by atoms with E-state index in [1.807, 2.05) is 43.3 Å². The van der Waals surface area contributed by atoms with Gasteiger partial charge in [-0.1, -0.05) is 36.4 Å². The van der Waals surface area contributed by atoms with Gasteiger partial charge in [0.2, 0.25) is 11.8 Å². The molecule has 1 aromatic heterocycles. The second-order valence-corrected chi connectivity index (χ2v) is 7.15. The van der Waals surface area contributed by atoms with E-state index in [9.17, 15) is 9.59 Å². The molecule has 3 rings (SSSR count). The van der Waals surface area contributed by atoms with Crippen LogP contribution in [0.2, 0.25) is 0 Å². The lowest BCUT2D eigenvalue weighted by atomic mass is 10.1. The van der Waals surface area contributed by atoms with E-state index in [0.29, 0.717) is 19.5 Å². The summed E-state index contributed by atoms with van der Waals surface area (Å²) in [4.78, 5) is 31.3. The minimum atomic E-state index is -0.408. The van der Waals surface area contributed by atoms with Crippen LogP contribution < -0.4 is 10.6 Å². The molecule has 2 heterocycles. The van der Waals surface area contributed by atoms with Crippen LogP contribution in [0.3, 0.4) is 0 Å². The fourth-order valence-corrected chi connectivity index (χ4v) is 3.49. The standard InChI is InChI=1S/C22H28N4O2/c1-17-6-5-9-19(25-17)10-12-23-21(27)16-20-22(28)24-13-15-26(20)14-11-18-7-3-2-4-8-18/h2-9,20H,10-16H2,1H3,(H,23,27)(H,24,28). The van der Waals surface area contributed by atoms with Crippen LogP contribution in [0.1, 0.15) is 23.4 Å². The molecule has 0 aliphatic carbocycles. The smallest absolute Gasteiger partial charge is 0.237 e. The number of hydrogen-bond acceptors (Lipinski definition) is 4. The molecule has 1 aromatic carbocycles. The molecule has 6 heteroatoms. The van der Waals surface area contributed by atoms with Gasteiger partial charge < -0.3 is 10.6 Å². The van der Waals surface area contributed by atoms with Crippen molar-refractivity contribution in [2.45, 2.75) is 32.2 Å². The highest BCUT2D eigenvalue weighted by atomic mass is 16.2. The molecule has 6 nitrogen and oxygen atoms in total. The lowest BCUT2D eigenvalue weighted by molar-refractivity contribution is -0.133. The second-order valence-electron chi connectivity index (χ2n) is 7.15. The number of carbonyl (C=O) groups is 2. The van der Waals surface area contributed by atoms with E-state index in [-0.39, 0.29) is 18.2 Å². The number of carbonyl (C=O) groups excluding carboxylic acids is 2. The van der Waals surface area contributed by atoms with Crippen LogP contribution in [-0.2, 0) is 22.4 Å². The fourth-order valence-electron chi connectivity index (χ4n) is 3.49. The van der Waals surface area contributed by atoms with E-state index in [1.165, 1.54) is 5.56 Å². The van der Waals surface area contributed by atoms with Gasteiger partial charge in [0.15, 0.2) is 0 Å². The summed E-state index contributed by atoms with van der Waals surface area (Å²) in [5.41, 5.74) is 3.17. The normalized spacial score (nSPS) is 17.2. The highest BCUT2D eigenvalue weighted by molar-refractivity contribution is 5.88. The lowest BCUT2D eigenvalue weighted by Crippen LogP contribution is -2.56. The zero-order valence-corrected chi connectivity index (χ0v) is 16.4. The molecule has 0 bridgehead atoms. The second kappa shape index (κ2) is 9.99. The maximum atomic E-state index is 12.4. The van der Waals surface area contributed by atoms with Crippen molar-refractivity contribution in [1.82, 2.24) is 20.5 Å². The van der Waals surface area contributed by atoms with Crippen molar-refractivity contribution in [2.24, 2.45) is 0 Å². The van der Waals surface area contributed by atoms with E-state index in [4.69, 9.17) is 0 Å². The predicted molar refractivity (Wildman–Crippen MR) is 109 cm³/mol. The summed E-state index contributed by atoms with van der Waals surface area (Å²) < 4.78 is 0. The lowest BCUT2D eigenvalue weighted by Gasteiger charge is -2.34. The molecule has 0 spiro atoms. The number of aromatic nitrogens is 1. The summed E-state index contributed by atoms with van der Waals surface area (Å²) in [5, 5.41) is 5.81. The van der Waals surface area contributed by atoms with E-state index in [1.54, 1.807) is 0 Å². The quantitative estimate of drug-likeness (QED) is 0.728. The Hall–Kier alpha value is -2.73. The number of piperazine rings is 1. The van der Waals surface area contributed by atoms with Crippen molar-refractivity contribution in [2.75, 3.05) is 26.2 Å². The van der Waals surface area contributed by atoms with Crippen LogP contribution in [0.4, 0.5) is 0 Å². The van der Waals surface area contributed by atoms with Crippen molar-refractivity contribution in [3.05, 3.63) is 65.5 Å². The molecular weight excluding hydrogens is 352 g/mol. The first-order valence-electron chi connectivity index (χ1n) is 9.87. The number of nitrogens with one attached hydrogen (secondary N) is 2. The third kappa shape index (κ3) is 5.89. The Kier molecular flexibility index (Phi) is 7.14. The van der Waals surface area contributed by atoms with Crippen molar-refractivity contribution in [3.8, 4) is 0 Å². The molecule has 1 unspecified atom stereocenters. The van der Waals surface area contributed by atoms with Crippen LogP contribution in [0.25, 0.3) is 0 Å². The Bertz CT molecular complexity index is 794. The number of aryl methyl sites for hydroxylation is 1. The largest absolute Gasteiger partial charge is 0.356 e. The summed E-state index contributed by atoms with van der Waals surface area (Å²) in [6.07, 6.45) is 1.73. The number of hydrogen-bond donors (Lipinski definition) is 2. The number of rotatable bonds is 8. The number of nitrogens with zero attached hydrogens (tertiary/aromatic N) is 2. The highest BCUT2D eigenvalue weighted by Crippen LogP contribution is 2.11. The molecule has 1 aliphatic rings. The van der Waals surface area contributed by atoms with Crippen LogP contribution in [0.15, 0.2) is 48.5 Å². The fraction of sp³-hybridized carbons (Fsp3) is 0.409. The molecule has 0 radical (unpaired) electrons. The highest BCUT2D eigenvalue weighted by Gasteiger charge is 2.31. The maximum absolute atomic E-state index is 12.4. The van der Waals surface area contributed by atoms with Crippen molar-refractivity contribution in [1.29, 1.82) is 0 Å². The van der Waals surface area contributed by atoms with Crippen molar-refractivity contribution >= 4 is 11.8 Å². The monoisotopic (exact) mass is 380 g/mol. The summed E-state index contributed by atoms with van der Waals surface area (Å²) in [6.45, 7) is 4.64. The molecule has 1 fully saturated rings.